The van der Waals surface area contributed by atoms with Crippen LogP contribution in [0.2, 0.25) is 0 Å². The third-order valence-electron chi connectivity index (χ3n) is 6.25. The van der Waals surface area contributed by atoms with Crippen molar-refractivity contribution in [3.8, 4) is 11.5 Å². The van der Waals surface area contributed by atoms with Gasteiger partial charge in [0.1, 0.15) is 19.3 Å². The number of carbonyl (C=O) groups excluding carboxylic acids is 2. The van der Waals surface area contributed by atoms with Gasteiger partial charge in [0.25, 0.3) is 5.91 Å². The van der Waals surface area contributed by atoms with Gasteiger partial charge in [0.05, 0.1) is 6.54 Å². The minimum Gasteiger partial charge on any atom is -0.486 e. The van der Waals surface area contributed by atoms with Crippen LogP contribution >= 0.6 is 11.3 Å². The first-order chi connectivity index (χ1) is 16.8. The Kier molecular flexibility index (Phi) is 7.45. The fourth-order valence-electron chi connectivity index (χ4n) is 3.90. The Bertz CT molecular complexity index is 1170. The maximum absolute atomic E-state index is 14.0. The summed E-state index contributed by atoms with van der Waals surface area (Å²) in [6, 6.07) is 16.1. The third-order valence-corrected chi connectivity index (χ3v) is 7.12. The van der Waals surface area contributed by atoms with Crippen LogP contribution < -0.4 is 14.8 Å². The molecule has 3 aromatic rings. The quantitative estimate of drug-likeness (QED) is 0.450. The molecule has 2 aromatic carbocycles. The van der Waals surface area contributed by atoms with E-state index >= 15 is 0 Å². The average molecular weight is 493 g/mol. The SMILES string of the molecule is CCC(C)(C)NC(=O)[C@H](c1ccc(C)cc1)N(Cc1cccs1)C(=O)c1ccc2c(c1)OCCO2. The molecular weight excluding hydrogens is 460 g/mol. The van der Waals surface area contributed by atoms with Crippen molar-refractivity contribution in [1.29, 1.82) is 0 Å². The number of hydrogen-bond donors (Lipinski definition) is 1. The Morgan fingerprint density at radius 2 is 1.77 bits per heavy atom. The number of carbonyl (C=O) groups is 2. The van der Waals surface area contributed by atoms with Crippen molar-refractivity contribution >= 4 is 23.2 Å². The second-order valence-corrected chi connectivity index (χ2v) is 10.4. The zero-order chi connectivity index (χ0) is 25.0. The molecule has 1 aliphatic heterocycles. The van der Waals surface area contributed by atoms with Crippen molar-refractivity contribution in [1.82, 2.24) is 10.2 Å². The molecular formula is C28H32N2O4S. The van der Waals surface area contributed by atoms with Crippen molar-refractivity contribution in [2.24, 2.45) is 0 Å². The molecule has 0 spiro atoms. The summed E-state index contributed by atoms with van der Waals surface area (Å²) in [5.74, 6) is 0.713. The van der Waals surface area contributed by atoms with Gasteiger partial charge in [-0.1, -0.05) is 42.8 Å². The number of hydrogen-bond acceptors (Lipinski definition) is 5. The summed E-state index contributed by atoms with van der Waals surface area (Å²) in [6.45, 7) is 9.24. The fourth-order valence-corrected chi connectivity index (χ4v) is 4.61. The van der Waals surface area contributed by atoms with Crippen LogP contribution in [0.3, 0.4) is 0 Å². The normalized spacial score (nSPS) is 13.7. The first-order valence-electron chi connectivity index (χ1n) is 11.9. The van der Waals surface area contributed by atoms with Crippen LogP contribution in [0.15, 0.2) is 60.0 Å². The molecule has 2 heterocycles. The van der Waals surface area contributed by atoms with E-state index in [0.717, 1.165) is 22.4 Å². The van der Waals surface area contributed by atoms with Gasteiger partial charge in [0.2, 0.25) is 5.91 Å². The van der Waals surface area contributed by atoms with Crippen LogP contribution in [0.4, 0.5) is 0 Å². The van der Waals surface area contributed by atoms with Gasteiger partial charge < -0.3 is 19.7 Å². The van der Waals surface area contributed by atoms with Gasteiger partial charge in [-0.25, -0.2) is 0 Å². The van der Waals surface area contributed by atoms with E-state index in [0.29, 0.717) is 36.8 Å². The topological polar surface area (TPSA) is 67.9 Å². The highest BCUT2D eigenvalue weighted by atomic mass is 32.1. The van der Waals surface area contributed by atoms with Gasteiger partial charge in [-0.3, -0.25) is 9.59 Å². The molecule has 7 heteroatoms. The Morgan fingerprint density at radius 3 is 2.43 bits per heavy atom. The second-order valence-electron chi connectivity index (χ2n) is 9.41. The molecule has 0 aliphatic carbocycles. The van der Waals surface area contributed by atoms with E-state index < -0.39 is 11.6 Å². The summed E-state index contributed by atoms with van der Waals surface area (Å²) < 4.78 is 11.3. The maximum Gasteiger partial charge on any atom is 0.255 e. The molecule has 6 nitrogen and oxygen atoms in total. The summed E-state index contributed by atoms with van der Waals surface area (Å²) in [6.07, 6.45) is 0.764. The van der Waals surface area contributed by atoms with Crippen LogP contribution in [-0.4, -0.2) is 35.5 Å². The van der Waals surface area contributed by atoms with Crippen LogP contribution in [0.25, 0.3) is 0 Å². The fraction of sp³-hybridized carbons (Fsp3) is 0.357. The number of nitrogens with zero attached hydrogens (tertiary/aromatic N) is 1. The number of ether oxygens (including phenoxy) is 2. The molecule has 0 radical (unpaired) electrons. The van der Waals surface area contributed by atoms with Crippen LogP contribution in [0, 0.1) is 6.92 Å². The molecule has 1 N–H and O–H groups in total. The van der Waals surface area contributed by atoms with Gasteiger partial charge in [-0.15, -0.1) is 11.3 Å². The molecule has 184 valence electrons. The van der Waals surface area contributed by atoms with Gasteiger partial charge >= 0.3 is 0 Å². The minimum atomic E-state index is -0.802. The van der Waals surface area contributed by atoms with Gasteiger partial charge in [-0.05, 0) is 62.4 Å². The van der Waals surface area contributed by atoms with E-state index in [1.54, 1.807) is 34.4 Å². The second kappa shape index (κ2) is 10.5. The molecule has 0 bridgehead atoms. The lowest BCUT2D eigenvalue weighted by Gasteiger charge is -2.34. The highest BCUT2D eigenvalue weighted by molar-refractivity contribution is 7.09. The molecule has 0 unspecified atom stereocenters. The van der Waals surface area contributed by atoms with Crippen molar-refractivity contribution in [2.45, 2.75) is 52.2 Å². The zero-order valence-electron chi connectivity index (χ0n) is 20.7. The number of rotatable bonds is 8. The molecule has 1 atom stereocenters. The number of fused-ring (bicyclic) bond motifs is 1. The average Bonchev–Trinajstić information content (AvgIpc) is 3.37. The third kappa shape index (κ3) is 5.85. The zero-order valence-corrected chi connectivity index (χ0v) is 21.5. The molecule has 0 saturated heterocycles. The van der Waals surface area contributed by atoms with Crippen molar-refractivity contribution < 1.29 is 19.1 Å². The highest BCUT2D eigenvalue weighted by Crippen LogP contribution is 2.33. The first kappa shape index (κ1) is 24.8. The van der Waals surface area contributed by atoms with E-state index in [-0.39, 0.29) is 11.8 Å². The molecule has 0 fully saturated rings. The predicted molar refractivity (Wildman–Crippen MR) is 138 cm³/mol. The molecule has 4 rings (SSSR count). The Balaban J connectivity index is 1.77. The van der Waals surface area contributed by atoms with E-state index in [1.165, 1.54) is 0 Å². The number of amides is 2. The standard InChI is InChI=1S/C28H32N2O4S/c1-5-28(3,4)29-26(31)25(20-10-8-19(2)9-11-20)30(18-22-7-6-16-35-22)27(32)21-12-13-23-24(17-21)34-15-14-33-23/h6-13,16-17,25H,5,14-15,18H2,1-4H3,(H,29,31)/t25-/m0/s1. The molecule has 35 heavy (non-hydrogen) atoms. The number of aryl methyl sites for hydroxylation is 1. The Labute approximate surface area is 210 Å². The lowest BCUT2D eigenvalue weighted by molar-refractivity contribution is -0.127. The van der Waals surface area contributed by atoms with E-state index in [1.807, 2.05) is 69.5 Å². The smallest absolute Gasteiger partial charge is 0.255 e. The number of nitrogens with one attached hydrogen (secondary N) is 1. The van der Waals surface area contributed by atoms with Gasteiger partial charge in [-0.2, -0.15) is 0 Å². The van der Waals surface area contributed by atoms with Crippen molar-refractivity contribution in [3.63, 3.8) is 0 Å². The van der Waals surface area contributed by atoms with E-state index in [2.05, 4.69) is 5.32 Å². The summed E-state index contributed by atoms with van der Waals surface area (Å²) in [7, 11) is 0. The van der Waals surface area contributed by atoms with E-state index in [9.17, 15) is 9.59 Å². The largest absolute Gasteiger partial charge is 0.486 e. The minimum absolute atomic E-state index is 0.205. The molecule has 2 amide bonds. The van der Waals surface area contributed by atoms with Crippen LogP contribution in [0.1, 0.15) is 59.6 Å². The van der Waals surface area contributed by atoms with Gasteiger partial charge in [0, 0.05) is 16.0 Å². The summed E-state index contributed by atoms with van der Waals surface area (Å²) in [5.41, 5.74) is 1.90. The van der Waals surface area contributed by atoms with Crippen molar-refractivity contribution in [2.75, 3.05) is 13.2 Å². The number of benzene rings is 2. The first-order valence-corrected chi connectivity index (χ1v) is 12.8. The monoisotopic (exact) mass is 492 g/mol. The van der Waals surface area contributed by atoms with Crippen LogP contribution in [-0.2, 0) is 11.3 Å². The van der Waals surface area contributed by atoms with Crippen LogP contribution in [0.5, 0.6) is 11.5 Å². The predicted octanol–water partition coefficient (Wildman–Crippen LogP) is 5.52. The molecule has 0 saturated carbocycles. The van der Waals surface area contributed by atoms with Gasteiger partial charge in [0.15, 0.2) is 11.5 Å². The molecule has 1 aromatic heterocycles. The number of thiophene rings is 1. The van der Waals surface area contributed by atoms with Crippen molar-refractivity contribution in [3.05, 3.63) is 81.5 Å². The highest BCUT2D eigenvalue weighted by Gasteiger charge is 2.35. The molecule has 1 aliphatic rings. The lowest BCUT2D eigenvalue weighted by Crippen LogP contribution is -2.50. The summed E-state index contributed by atoms with van der Waals surface area (Å²) in [5, 5.41) is 5.14. The lowest BCUT2D eigenvalue weighted by atomic mass is 9.97. The Morgan fingerprint density at radius 1 is 1.06 bits per heavy atom. The maximum atomic E-state index is 14.0. The summed E-state index contributed by atoms with van der Waals surface area (Å²) >= 11 is 1.56. The van der Waals surface area contributed by atoms with E-state index in [4.69, 9.17) is 9.47 Å². The Hall–Kier alpha value is -3.32. The summed E-state index contributed by atoms with van der Waals surface area (Å²) in [4.78, 5) is 30.5.